The number of benzene rings is 1. The highest BCUT2D eigenvalue weighted by Crippen LogP contribution is 2.17. The molecule has 0 atom stereocenters. The average molecular weight is 261 g/mol. The van der Waals surface area contributed by atoms with Crippen LogP contribution in [0, 0.1) is 6.92 Å². The van der Waals surface area contributed by atoms with E-state index in [2.05, 4.69) is 20.7 Å². The van der Waals surface area contributed by atoms with Crippen LogP contribution in [-0.2, 0) is 4.74 Å². The lowest BCUT2D eigenvalue weighted by Gasteiger charge is -2.01. The zero-order valence-corrected chi connectivity index (χ0v) is 9.96. The first-order valence-electron chi connectivity index (χ1n) is 3.94. The Balaban J connectivity index is 0.000000791. The number of ether oxygens (including phenoxy) is 1. The molecular formula is C10H13BrO3. The molecule has 1 N–H and O–H groups in total. The topological polar surface area (TPSA) is 46.5 Å². The van der Waals surface area contributed by atoms with Crippen LogP contribution in [0.25, 0.3) is 0 Å². The second kappa shape index (κ2) is 6.56. The molecule has 14 heavy (non-hydrogen) atoms. The summed E-state index contributed by atoms with van der Waals surface area (Å²) in [6, 6.07) is 5.36. The van der Waals surface area contributed by atoms with E-state index in [1.165, 1.54) is 7.11 Å². The minimum absolute atomic E-state index is 0.310. The van der Waals surface area contributed by atoms with E-state index in [1.54, 1.807) is 12.1 Å². The van der Waals surface area contributed by atoms with E-state index in [1.807, 2.05) is 13.0 Å². The van der Waals surface area contributed by atoms with E-state index in [0.29, 0.717) is 5.56 Å². The summed E-state index contributed by atoms with van der Waals surface area (Å²) in [7, 11) is 2.37. The van der Waals surface area contributed by atoms with Crippen LogP contribution in [0.2, 0.25) is 0 Å². The van der Waals surface area contributed by atoms with Crippen LogP contribution in [0.4, 0.5) is 0 Å². The number of aliphatic hydroxyl groups excluding tert-OH is 1. The first-order chi connectivity index (χ1) is 6.65. The van der Waals surface area contributed by atoms with E-state index in [9.17, 15) is 4.79 Å². The predicted octanol–water partition coefficient (Wildman–Crippen LogP) is 2.15. The number of aryl methyl sites for hydroxylation is 1. The van der Waals surface area contributed by atoms with Crippen LogP contribution in [0.3, 0.4) is 0 Å². The van der Waals surface area contributed by atoms with Crippen molar-refractivity contribution >= 4 is 21.9 Å². The first kappa shape index (κ1) is 13.1. The van der Waals surface area contributed by atoms with Gasteiger partial charge >= 0.3 is 5.97 Å². The van der Waals surface area contributed by atoms with Crippen molar-refractivity contribution in [1.29, 1.82) is 0 Å². The third kappa shape index (κ3) is 3.47. The summed E-state index contributed by atoms with van der Waals surface area (Å²) in [4.78, 5) is 11.0. The zero-order chi connectivity index (χ0) is 11.1. The standard InChI is InChI=1S/C9H9BrO2.CH4O/c1-6-3-4-7(5-8(6)10)9(11)12-2;1-2/h3-5H,1-2H3;2H,1H3. The highest BCUT2D eigenvalue weighted by Gasteiger charge is 2.05. The monoisotopic (exact) mass is 260 g/mol. The number of hydrogen-bond acceptors (Lipinski definition) is 3. The first-order valence-corrected chi connectivity index (χ1v) is 4.73. The largest absolute Gasteiger partial charge is 0.465 e. The van der Waals surface area contributed by atoms with Gasteiger partial charge in [-0.05, 0) is 24.6 Å². The summed E-state index contributed by atoms with van der Waals surface area (Å²) in [5.74, 6) is -0.310. The number of methoxy groups -OCH3 is 1. The summed E-state index contributed by atoms with van der Waals surface area (Å²) in [6.45, 7) is 1.96. The van der Waals surface area contributed by atoms with Crippen LogP contribution in [-0.4, -0.2) is 25.3 Å². The van der Waals surface area contributed by atoms with Gasteiger partial charge in [0, 0.05) is 11.6 Å². The molecule has 0 saturated heterocycles. The molecule has 0 radical (unpaired) electrons. The van der Waals surface area contributed by atoms with Gasteiger partial charge in [-0.25, -0.2) is 4.79 Å². The van der Waals surface area contributed by atoms with Crippen molar-refractivity contribution in [2.75, 3.05) is 14.2 Å². The molecule has 4 heteroatoms. The lowest BCUT2D eigenvalue weighted by atomic mass is 10.1. The van der Waals surface area contributed by atoms with E-state index in [-0.39, 0.29) is 5.97 Å². The fourth-order valence-electron chi connectivity index (χ4n) is 0.838. The van der Waals surface area contributed by atoms with Crippen molar-refractivity contribution < 1.29 is 14.6 Å². The molecule has 0 aliphatic heterocycles. The molecule has 78 valence electrons. The molecule has 0 amide bonds. The number of halogens is 1. The number of aliphatic hydroxyl groups is 1. The Morgan fingerprint density at radius 1 is 1.43 bits per heavy atom. The summed E-state index contributed by atoms with van der Waals surface area (Å²) in [6.07, 6.45) is 0. The summed E-state index contributed by atoms with van der Waals surface area (Å²) in [5.41, 5.74) is 1.66. The molecule has 0 aliphatic rings. The van der Waals surface area contributed by atoms with Gasteiger partial charge in [0.15, 0.2) is 0 Å². The molecule has 0 aromatic heterocycles. The molecule has 1 aromatic carbocycles. The zero-order valence-electron chi connectivity index (χ0n) is 8.37. The van der Waals surface area contributed by atoms with E-state index in [0.717, 1.165) is 17.1 Å². The second-order valence-corrected chi connectivity index (χ2v) is 3.31. The molecule has 1 aromatic rings. The maximum Gasteiger partial charge on any atom is 0.337 e. The van der Waals surface area contributed by atoms with Crippen molar-refractivity contribution in [2.24, 2.45) is 0 Å². The van der Waals surface area contributed by atoms with E-state index >= 15 is 0 Å². The quantitative estimate of drug-likeness (QED) is 0.788. The molecule has 0 unspecified atom stereocenters. The van der Waals surface area contributed by atoms with Crippen LogP contribution in [0.5, 0.6) is 0 Å². The maximum absolute atomic E-state index is 11.0. The molecule has 0 saturated carbocycles. The normalized spacial score (nSPS) is 8.64. The number of esters is 1. The van der Waals surface area contributed by atoms with Gasteiger partial charge in [-0.2, -0.15) is 0 Å². The lowest BCUT2D eigenvalue weighted by molar-refractivity contribution is 0.0600. The number of carbonyl (C=O) groups excluding carboxylic acids is 1. The molecule has 0 bridgehead atoms. The Labute approximate surface area is 91.8 Å². The van der Waals surface area contributed by atoms with Crippen molar-refractivity contribution in [2.45, 2.75) is 6.92 Å². The number of rotatable bonds is 1. The van der Waals surface area contributed by atoms with E-state index in [4.69, 9.17) is 5.11 Å². The molecule has 0 fully saturated rings. The Kier molecular flexibility index (Phi) is 6.16. The molecular weight excluding hydrogens is 248 g/mol. The Hall–Kier alpha value is -0.870. The Bertz CT molecular complexity index is 310. The van der Waals surface area contributed by atoms with Gasteiger partial charge in [0.2, 0.25) is 0 Å². The molecule has 0 heterocycles. The number of hydrogen-bond donors (Lipinski definition) is 1. The van der Waals surface area contributed by atoms with Gasteiger partial charge in [-0.15, -0.1) is 0 Å². The van der Waals surface area contributed by atoms with Crippen LogP contribution in [0.15, 0.2) is 22.7 Å². The third-order valence-corrected chi connectivity index (χ3v) is 2.45. The third-order valence-electron chi connectivity index (χ3n) is 1.59. The van der Waals surface area contributed by atoms with Crippen molar-refractivity contribution in [3.8, 4) is 0 Å². The minimum atomic E-state index is -0.310. The van der Waals surface area contributed by atoms with Gasteiger partial charge in [0.25, 0.3) is 0 Å². The Morgan fingerprint density at radius 3 is 2.43 bits per heavy atom. The van der Waals surface area contributed by atoms with Crippen LogP contribution >= 0.6 is 15.9 Å². The fourth-order valence-corrected chi connectivity index (χ4v) is 1.22. The van der Waals surface area contributed by atoms with Gasteiger partial charge in [0.1, 0.15) is 0 Å². The highest BCUT2D eigenvalue weighted by atomic mass is 79.9. The smallest absolute Gasteiger partial charge is 0.337 e. The molecule has 3 nitrogen and oxygen atoms in total. The van der Waals surface area contributed by atoms with Crippen LogP contribution in [0.1, 0.15) is 15.9 Å². The van der Waals surface area contributed by atoms with E-state index < -0.39 is 0 Å². The van der Waals surface area contributed by atoms with Crippen molar-refractivity contribution in [3.05, 3.63) is 33.8 Å². The fraction of sp³-hybridized carbons (Fsp3) is 0.300. The number of carbonyl (C=O) groups is 1. The summed E-state index contributed by atoms with van der Waals surface area (Å²) in [5, 5.41) is 7.00. The molecule has 0 aliphatic carbocycles. The highest BCUT2D eigenvalue weighted by molar-refractivity contribution is 9.10. The second-order valence-electron chi connectivity index (χ2n) is 2.46. The van der Waals surface area contributed by atoms with Crippen LogP contribution < -0.4 is 0 Å². The maximum atomic E-state index is 11.0. The van der Waals surface area contributed by atoms with Gasteiger partial charge in [0.05, 0.1) is 12.7 Å². The van der Waals surface area contributed by atoms with Crippen molar-refractivity contribution in [1.82, 2.24) is 0 Å². The summed E-state index contributed by atoms with van der Waals surface area (Å²) >= 11 is 3.34. The van der Waals surface area contributed by atoms with Gasteiger partial charge < -0.3 is 9.84 Å². The van der Waals surface area contributed by atoms with Gasteiger partial charge in [-0.3, -0.25) is 0 Å². The Morgan fingerprint density at radius 2 is 2.00 bits per heavy atom. The van der Waals surface area contributed by atoms with Crippen molar-refractivity contribution in [3.63, 3.8) is 0 Å². The summed E-state index contributed by atoms with van der Waals surface area (Å²) < 4.78 is 5.49. The molecule has 1 rings (SSSR count). The lowest BCUT2D eigenvalue weighted by Crippen LogP contribution is -2.00. The van der Waals surface area contributed by atoms with Gasteiger partial charge in [-0.1, -0.05) is 22.0 Å². The predicted molar refractivity (Wildman–Crippen MR) is 58.4 cm³/mol. The molecule has 0 spiro atoms. The average Bonchev–Trinajstić information content (AvgIpc) is 2.24. The minimum Gasteiger partial charge on any atom is -0.465 e. The SMILES string of the molecule is CO.COC(=O)c1ccc(C)c(Br)c1.